The predicted molar refractivity (Wildman–Crippen MR) is 83.4 cm³/mol. The minimum absolute atomic E-state index is 0.349. The monoisotopic (exact) mass is 289 g/mol. The van der Waals surface area contributed by atoms with Crippen molar-refractivity contribution >= 4 is 5.69 Å². The fourth-order valence-electron chi connectivity index (χ4n) is 2.23. The van der Waals surface area contributed by atoms with Crippen LogP contribution < -0.4 is 5.32 Å². The molecule has 0 spiro atoms. The smallest absolute Gasteiger partial charge is 0.131 e. The zero-order valence-corrected chi connectivity index (χ0v) is 12.3. The topological polar surface area (TPSA) is 12.0 Å². The molecule has 0 saturated heterocycles. The van der Waals surface area contributed by atoms with Crippen LogP contribution in [0, 0.1) is 11.6 Å². The van der Waals surface area contributed by atoms with Gasteiger partial charge in [0.1, 0.15) is 11.6 Å². The number of aryl methyl sites for hydroxylation is 1. The quantitative estimate of drug-likeness (QED) is 0.681. The molecule has 112 valence electrons. The summed E-state index contributed by atoms with van der Waals surface area (Å²) < 4.78 is 26.3. The average Bonchev–Trinajstić information content (AvgIpc) is 2.48. The largest absolute Gasteiger partial charge is 0.381 e. The minimum Gasteiger partial charge on any atom is -0.381 e. The van der Waals surface area contributed by atoms with Gasteiger partial charge in [-0.1, -0.05) is 38.0 Å². The standard InChI is InChI=1S/C18H21F2N/c1-2-3-4-5-14-6-10-17(11-7-14)21-13-15-8-9-16(19)12-18(15)20/h6-12,21H,2-5,13H2,1H3. The van der Waals surface area contributed by atoms with E-state index < -0.39 is 11.6 Å². The van der Waals surface area contributed by atoms with Crippen molar-refractivity contribution in [2.45, 2.75) is 39.2 Å². The molecule has 1 nitrogen and oxygen atoms in total. The van der Waals surface area contributed by atoms with Gasteiger partial charge in [0.25, 0.3) is 0 Å². The predicted octanol–water partition coefficient (Wildman–Crippen LogP) is 5.31. The van der Waals surface area contributed by atoms with Gasteiger partial charge in [0, 0.05) is 23.9 Å². The molecule has 2 aromatic carbocycles. The van der Waals surface area contributed by atoms with Gasteiger partial charge in [-0.05, 0) is 36.6 Å². The van der Waals surface area contributed by atoms with Crippen LogP contribution in [0.5, 0.6) is 0 Å². The number of anilines is 1. The molecule has 0 heterocycles. The summed E-state index contributed by atoms with van der Waals surface area (Å²) >= 11 is 0. The van der Waals surface area contributed by atoms with Gasteiger partial charge in [-0.2, -0.15) is 0 Å². The molecular weight excluding hydrogens is 268 g/mol. The summed E-state index contributed by atoms with van der Waals surface area (Å²) in [6, 6.07) is 11.9. The molecule has 1 N–H and O–H groups in total. The van der Waals surface area contributed by atoms with Gasteiger partial charge in [0.15, 0.2) is 0 Å². The lowest BCUT2D eigenvalue weighted by atomic mass is 10.1. The van der Waals surface area contributed by atoms with E-state index >= 15 is 0 Å². The Labute approximate surface area is 125 Å². The molecule has 0 bridgehead atoms. The minimum atomic E-state index is -0.548. The fraction of sp³-hybridized carbons (Fsp3) is 0.333. The van der Waals surface area contributed by atoms with Crippen molar-refractivity contribution < 1.29 is 8.78 Å². The number of halogens is 2. The SMILES string of the molecule is CCCCCc1ccc(NCc2ccc(F)cc2F)cc1. The van der Waals surface area contributed by atoms with E-state index in [4.69, 9.17) is 0 Å². The zero-order chi connectivity index (χ0) is 15.1. The first-order chi connectivity index (χ1) is 10.2. The molecule has 0 amide bonds. The number of hydrogen-bond acceptors (Lipinski definition) is 1. The van der Waals surface area contributed by atoms with Gasteiger partial charge in [-0.25, -0.2) is 8.78 Å². The first-order valence-corrected chi connectivity index (χ1v) is 7.46. The second-order valence-corrected chi connectivity index (χ2v) is 5.24. The first-order valence-electron chi connectivity index (χ1n) is 7.46. The van der Waals surface area contributed by atoms with Gasteiger partial charge < -0.3 is 5.32 Å². The Kier molecular flexibility index (Phi) is 5.73. The van der Waals surface area contributed by atoms with Gasteiger partial charge >= 0.3 is 0 Å². The lowest BCUT2D eigenvalue weighted by Crippen LogP contribution is -2.02. The third-order valence-electron chi connectivity index (χ3n) is 3.52. The van der Waals surface area contributed by atoms with Gasteiger partial charge in [0.05, 0.1) is 0 Å². The molecule has 2 rings (SSSR count). The van der Waals surface area contributed by atoms with Crippen LogP contribution in [0.2, 0.25) is 0 Å². The van der Waals surface area contributed by atoms with Crippen LogP contribution in [-0.4, -0.2) is 0 Å². The third-order valence-corrected chi connectivity index (χ3v) is 3.52. The third kappa shape index (κ3) is 4.85. The summed E-state index contributed by atoms with van der Waals surface area (Å²) in [7, 11) is 0. The maximum Gasteiger partial charge on any atom is 0.131 e. The van der Waals surface area contributed by atoms with Crippen molar-refractivity contribution in [2.24, 2.45) is 0 Å². The van der Waals surface area contributed by atoms with Crippen molar-refractivity contribution in [2.75, 3.05) is 5.32 Å². The summed E-state index contributed by atoms with van der Waals surface area (Å²) in [6.45, 7) is 2.54. The van der Waals surface area contributed by atoms with Gasteiger partial charge in [-0.15, -0.1) is 0 Å². The number of rotatable bonds is 7. The van der Waals surface area contributed by atoms with E-state index in [1.807, 2.05) is 12.1 Å². The van der Waals surface area contributed by atoms with Crippen LogP contribution in [-0.2, 0) is 13.0 Å². The number of nitrogens with one attached hydrogen (secondary N) is 1. The van der Waals surface area contributed by atoms with Gasteiger partial charge in [-0.3, -0.25) is 0 Å². The van der Waals surface area contributed by atoms with Crippen molar-refractivity contribution in [1.29, 1.82) is 0 Å². The molecular formula is C18H21F2N. The molecule has 0 atom stereocenters. The normalized spacial score (nSPS) is 10.6. The second-order valence-electron chi connectivity index (χ2n) is 5.24. The van der Waals surface area contributed by atoms with Crippen LogP contribution in [0.25, 0.3) is 0 Å². The van der Waals surface area contributed by atoms with Crippen LogP contribution in [0.3, 0.4) is 0 Å². The maximum atomic E-state index is 13.5. The number of unbranched alkanes of at least 4 members (excludes halogenated alkanes) is 2. The molecule has 0 fully saturated rings. The zero-order valence-electron chi connectivity index (χ0n) is 12.3. The Morgan fingerprint density at radius 2 is 1.71 bits per heavy atom. The molecule has 21 heavy (non-hydrogen) atoms. The summed E-state index contributed by atoms with van der Waals surface area (Å²) in [5, 5.41) is 3.15. The average molecular weight is 289 g/mol. The Bertz CT molecular complexity index is 564. The van der Waals surface area contributed by atoms with E-state index in [0.717, 1.165) is 18.2 Å². The number of hydrogen-bond donors (Lipinski definition) is 1. The molecule has 2 aromatic rings. The molecule has 0 saturated carbocycles. The van der Waals surface area contributed by atoms with Crippen molar-refractivity contribution in [1.82, 2.24) is 0 Å². The van der Waals surface area contributed by atoms with Crippen molar-refractivity contribution in [3.63, 3.8) is 0 Å². The Morgan fingerprint density at radius 3 is 2.38 bits per heavy atom. The number of benzene rings is 2. The molecule has 3 heteroatoms. The highest BCUT2D eigenvalue weighted by Gasteiger charge is 2.03. The van der Waals surface area contributed by atoms with Crippen LogP contribution in [0.15, 0.2) is 42.5 Å². The van der Waals surface area contributed by atoms with E-state index in [-0.39, 0.29) is 0 Å². The van der Waals surface area contributed by atoms with Crippen LogP contribution in [0.4, 0.5) is 14.5 Å². The Morgan fingerprint density at radius 1 is 0.952 bits per heavy atom. The van der Waals surface area contributed by atoms with Crippen molar-refractivity contribution in [3.05, 3.63) is 65.2 Å². The molecule has 0 radical (unpaired) electrons. The van der Waals surface area contributed by atoms with Crippen LogP contribution >= 0.6 is 0 Å². The van der Waals surface area contributed by atoms with Gasteiger partial charge in [0.2, 0.25) is 0 Å². The van der Waals surface area contributed by atoms with E-state index in [1.54, 1.807) is 0 Å². The molecule has 0 unspecified atom stereocenters. The second kappa shape index (κ2) is 7.77. The van der Waals surface area contributed by atoms with E-state index in [0.29, 0.717) is 12.1 Å². The lowest BCUT2D eigenvalue weighted by Gasteiger charge is -2.08. The molecule has 0 aliphatic rings. The Hall–Kier alpha value is -1.90. The fourth-order valence-corrected chi connectivity index (χ4v) is 2.23. The molecule has 0 aromatic heterocycles. The maximum absolute atomic E-state index is 13.5. The molecule has 0 aliphatic heterocycles. The Balaban J connectivity index is 1.88. The van der Waals surface area contributed by atoms with E-state index in [2.05, 4.69) is 24.4 Å². The van der Waals surface area contributed by atoms with Crippen molar-refractivity contribution in [3.8, 4) is 0 Å². The lowest BCUT2D eigenvalue weighted by molar-refractivity contribution is 0.574. The highest BCUT2D eigenvalue weighted by molar-refractivity contribution is 5.45. The van der Waals surface area contributed by atoms with E-state index in [1.165, 1.54) is 37.0 Å². The summed E-state index contributed by atoms with van der Waals surface area (Å²) in [5.41, 5.74) is 2.73. The highest BCUT2D eigenvalue weighted by atomic mass is 19.1. The first kappa shape index (κ1) is 15.5. The van der Waals surface area contributed by atoms with E-state index in [9.17, 15) is 8.78 Å². The summed E-state index contributed by atoms with van der Waals surface area (Å²) in [5.74, 6) is -1.06. The summed E-state index contributed by atoms with van der Waals surface area (Å²) in [6.07, 6.45) is 4.79. The highest BCUT2D eigenvalue weighted by Crippen LogP contribution is 2.15. The summed E-state index contributed by atoms with van der Waals surface area (Å²) in [4.78, 5) is 0. The van der Waals surface area contributed by atoms with Crippen LogP contribution in [0.1, 0.15) is 37.3 Å². The molecule has 0 aliphatic carbocycles.